The van der Waals surface area contributed by atoms with Crippen LogP contribution in [0.5, 0.6) is 23.0 Å². The molecule has 0 fully saturated rings. The molecule has 0 aromatic heterocycles. The second-order valence-corrected chi connectivity index (χ2v) is 11.9. The molecule has 0 amide bonds. The van der Waals surface area contributed by atoms with Gasteiger partial charge in [-0.2, -0.15) is 0 Å². The van der Waals surface area contributed by atoms with E-state index in [2.05, 4.69) is 36.4 Å². The predicted octanol–water partition coefficient (Wildman–Crippen LogP) is 9.92. The van der Waals surface area contributed by atoms with Crippen LogP contribution in [-0.4, -0.2) is 20.4 Å². The van der Waals surface area contributed by atoms with Gasteiger partial charge in [0.2, 0.25) is 0 Å². The molecule has 6 aromatic rings. The number of aryl methyl sites for hydroxylation is 4. The van der Waals surface area contributed by atoms with Crippen LogP contribution in [0.4, 0.5) is 0 Å². The Morgan fingerprint density at radius 3 is 1.22 bits per heavy atom. The number of phenols is 4. The van der Waals surface area contributed by atoms with Gasteiger partial charge >= 0.3 is 0 Å². The van der Waals surface area contributed by atoms with Gasteiger partial charge in [0.1, 0.15) is 23.0 Å². The first-order valence-corrected chi connectivity index (χ1v) is 15.0. The first kappa shape index (κ1) is 29.6. The molecule has 4 N–H and O–H groups in total. The van der Waals surface area contributed by atoms with Crippen molar-refractivity contribution in [1.82, 2.24) is 0 Å². The molecule has 4 nitrogen and oxygen atoms in total. The van der Waals surface area contributed by atoms with Crippen molar-refractivity contribution < 1.29 is 20.4 Å². The monoisotopic (exact) mass is 592 g/mol. The standard InChI is InChI=1S/C41H36O4/c1-24-18-31(14-16-37(24)42)33-20-26(3)40(44)35(22-33)39(30-12-10-29(11-13-30)28-8-6-5-7-9-28)36-23-34(21-27(4)41(36)45)32-15-17-38(43)25(2)19-32/h5-23,39,42-45H,1-4H3. The molecule has 0 unspecified atom stereocenters. The van der Waals surface area contributed by atoms with Crippen molar-refractivity contribution in [3.05, 3.63) is 154 Å². The SMILES string of the molecule is Cc1cc(-c2cc(C)c(O)c(C(c3ccc(-c4ccccc4)cc3)c3cc(-c4ccc(O)c(C)c4)cc(C)c3O)c2)ccc1O. The van der Waals surface area contributed by atoms with Gasteiger partial charge in [-0.15, -0.1) is 0 Å². The number of hydrogen-bond donors (Lipinski definition) is 4. The number of phenolic OH excluding ortho intramolecular Hbond substituents is 4. The highest BCUT2D eigenvalue weighted by atomic mass is 16.3. The second kappa shape index (κ2) is 11.9. The normalized spacial score (nSPS) is 11.2. The van der Waals surface area contributed by atoms with Gasteiger partial charge in [0.25, 0.3) is 0 Å². The van der Waals surface area contributed by atoms with Gasteiger partial charge in [-0.25, -0.2) is 0 Å². The Morgan fingerprint density at radius 2 is 0.778 bits per heavy atom. The molecule has 6 rings (SSSR count). The molecule has 0 saturated carbocycles. The maximum Gasteiger partial charge on any atom is 0.122 e. The van der Waals surface area contributed by atoms with Crippen molar-refractivity contribution in [3.8, 4) is 56.4 Å². The van der Waals surface area contributed by atoms with Crippen LogP contribution in [0.25, 0.3) is 33.4 Å². The van der Waals surface area contributed by atoms with Gasteiger partial charge in [0.15, 0.2) is 0 Å². The topological polar surface area (TPSA) is 80.9 Å². The Morgan fingerprint density at radius 1 is 0.378 bits per heavy atom. The van der Waals surface area contributed by atoms with E-state index in [-0.39, 0.29) is 23.0 Å². The van der Waals surface area contributed by atoms with Gasteiger partial charge in [0.05, 0.1) is 0 Å². The van der Waals surface area contributed by atoms with Crippen molar-refractivity contribution in [3.63, 3.8) is 0 Å². The molecule has 45 heavy (non-hydrogen) atoms. The summed E-state index contributed by atoms with van der Waals surface area (Å²) in [6.45, 7) is 7.49. The number of benzene rings is 6. The molecule has 0 bridgehead atoms. The van der Waals surface area contributed by atoms with E-state index in [0.717, 1.165) is 50.1 Å². The summed E-state index contributed by atoms with van der Waals surface area (Å²) in [5, 5.41) is 43.6. The van der Waals surface area contributed by atoms with Gasteiger partial charge in [-0.1, -0.05) is 66.7 Å². The third kappa shape index (κ3) is 5.75. The fraction of sp³-hybridized carbons (Fsp3) is 0.122. The van der Waals surface area contributed by atoms with Crippen LogP contribution in [0.2, 0.25) is 0 Å². The van der Waals surface area contributed by atoms with Crippen LogP contribution in [0.1, 0.15) is 44.9 Å². The molecule has 0 spiro atoms. The summed E-state index contributed by atoms with van der Waals surface area (Å²) in [6.07, 6.45) is 0. The van der Waals surface area contributed by atoms with Crippen LogP contribution in [0.15, 0.2) is 115 Å². The van der Waals surface area contributed by atoms with Crippen LogP contribution in [0.3, 0.4) is 0 Å². The highest BCUT2D eigenvalue weighted by Crippen LogP contribution is 2.46. The highest BCUT2D eigenvalue weighted by Gasteiger charge is 2.26. The van der Waals surface area contributed by atoms with Crippen molar-refractivity contribution in [1.29, 1.82) is 0 Å². The van der Waals surface area contributed by atoms with Crippen molar-refractivity contribution >= 4 is 0 Å². The zero-order valence-electron chi connectivity index (χ0n) is 25.8. The Bertz CT molecular complexity index is 1920. The number of aromatic hydroxyl groups is 4. The third-order valence-electron chi connectivity index (χ3n) is 8.69. The first-order chi connectivity index (χ1) is 21.6. The van der Waals surface area contributed by atoms with E-state index in [0.29, 0.717) is 22.3 Å². The van der Waals surface area contributed by atoms with Crippen LogP contribution < -0.4 is 0 Å². The Labute approximate surface area is 264 Å². The van der Waals surface area contributed by atoms with E-state index in [1.54, 1.807) is 12.1 Å². The summed E-state index contributed by atoms with van der Waals surface area (Å²) in [7, 11) is 0. The minimum absolute atomic E-state index is 0.161. The van der Waals surface area contributed by atoms with Crippen LogP contribution in [0, 0.1) is 27.7 Å². The molecule has 0 aliphatic heterocycles. The third-order valence-corrected chi connectivity index (χ3v) is 8.69. The maximum atomic E-state index is 11.7. The minimum Gasteiger partial charge on any atom is -0.508 e. The lowest BCUT2D eigenvalue weighted by atomic mass is 9.80. The summed E-state index contributed by atoms with van der Waals surface area (Å²) in [5.41, 5.74) is 11.0. The Kier molecular flexibility index (Phi) is 7.82. The molecule has 0 atom stereocenters. The average molecular weight is 593 g/mol. The maximum absolute atomic E-state index is 11.7. The average Bonchev–Trinajstić information content (AvgIpc) is 3.04. The molecule has 0 saturated heterocycles. The molecule has 0 radical (unpaired) electrons. The predicted molar refractivity (Wildman–Crippen MR) is 182 cm³/mol. The Hall–Kier alpha value is -5.48. The molecule has 6 aromatic carbocycles. The molecule has 224 valence electrons. The van der Waals surface area contributed by atoms with E-state index in [1.807, 2.05) is 94.4 Å². The highest BCUT2D eigenvalue weighted by molar-refractivity contribution is 5.74. The second-order valence-electron chi connectivity index (χ2n) is 11.9. The fourth-order valence-corrected chi connectivity index (χ4v) is 6.08. The van der Waals surface area contributed by atoms with Crippen LogP contribution >= 0.6 is 0 Å². The van der Waals surface area contributed by atoms with Gasteiger partial charge in [-0.05, 0) is 137 Å². The quantitative estimate of drug-likeness (QED) is 0.145. The summed E-state index contributed by atoms with van der Waals surface area (Å²) in [6, 6.07) is 37.3. The molecule has 0 aliphatic carbocycles. The van der Waals surface area contributed by atoms with Crippen molar-refractivity contribution in [2.75, 3.05) is 0 Å². The lowest BCUT2D eigenvalue weighted by molar-refractivity contribution is 0.454. The van der Waals surface area contributed by atoms with Gasteiger partial charge < -0.3 is 20.4 Å². The molecular weight excluding hydrogens is 556 g/mol. The summed E-state index contributed by atoms with van der Waals surface area (Å²) in [5.74, 6) is 0.271. The first-order valence-electron chi connectivity index (χ1n) is 15.0. The van der Waals surface area contributed by atoms with Crippen molar-refractivity contribution in [2.24, 2.45) is 0 Å². The van der Waals surface area contributed by atoms with Crippen LogP contribution in [-0.2, 0) is 0 Å². The van der Waals surface area contributed by atoms with E-state index in [4.69, 9.17) is 0 Å². The molecule has 0 aliphatic rings. The molecular formula is C41H36O4. The summed E-state index contributed by atoms with van der Waals surface area (Å²) in [4.78, 5) is 0. The summed E-state index contributed by atoms with van der Waals surface area (Å²) >= 11 is 0. The lowest BCUT2D eigenvalue weighted by Crippen LogP contribution is -2.07. The number of hydrogen-bond acceptors (Lipinski definition) is 4. The van der Waals surface area contributed by atoms with E-state index in [9.17, 15) is 20.4 Å². The Balaban J connectivity index is 1.59. The zero-order valence-corrected chi connectivity index (χ0v) is 25.8. The van der Waals surface area contributed by atoms with Gasteiger partial charge in [0, 0.05) is 17.0 Å². The summed E-state index contributed by atoms with van der Waals surface area (Å²) < 4.78 is 0. The van der Waals surface area contributed by atoms with E-state index in [1.165, 1.54) is 0 Å². The number of rotatable bonds is 6. The molecule has 4 heteroatoms. The van der Waals surface area contributed by atoms with Crippen molar-refractivity contribution in [2.45, 2.75) is 33.6 Å². The fourth-order valence-electron chi connectivity index (χ4n) is 6.08. The van der Waals surface area contributed by atoms with E-state index >= 15 is 0 Å². The largest absolute Gasteiger partial charge is 0.508 e. The minimum atomic E-state index is -0.511. The van der Waals surface area contributed by atoms with Gasteiger partial charge in [-0.3, -0.25) is 0 Å². The zero-order chi connectivity index (χ0) is 31.8. The lowest BCUT2D eigenvalue weighted by Gasteiger charge is -2.25. The molecule has 0 heterocycles. The smallest absolute Gasteiger partial charge is 0.122 e. The van der Waals surface area contributed by atoms with E-state index < -0.39 is 5.92 Å².